The van der Waals surface area contributed by atoms with Gasteiger partial charge in [0.25, 0.3) is 8.53 Å². The van der Waals surface area contributed by atoms with Crippen molar-refractivity contribution in [1.29, 1.82) is 0 Å². The van der Waals surface area contributed by atoms with E-state index in [4.69, 9.17) is 38.3 Å². The van der Waals surface area contributed by atoms with Crippen LogP contribution in [0.5, 0.6) is 5.75 Å². The smallest absolute Gasteiger partial charge is 0.295 e. The minimum Gasteiger partial charge on any atom is -0.469 e. The van der Waals surface area contributed by atoms with Gasteiger partial charge in [-0.25, -0.2) is 9.97 Å². The number of oxazole rings is 2. The van der Waals surface area contributed by atoms with Crippen LogP contribution in [0.2, 0.25) is 0 Å². The van der Waals surface area contributed by atoms with Crippen LogP contribution >= 0.6 is 8.53 Å². The number of hydrogen-bond donors (Lipinski definition) is 3. The van der Waals surface area contributed by atoms with E-state index in [1.54, 1.807) is 6.20 Å². The van der Waals surface area contributed by atoms with Gasteiger partial charge in [-0.15, -0.1) is 0 Å². The normalized spacial score (nSPS) is 19.7. The van der Waals surface area contributed by atoms with Crippen molar-refractivity contribution in [2.24, 2.45) is 5.73 Å². The molecule has 5 aromatic carbocycles. The molecule has 8 aromatic rings. The Morgan fingerprint density at radius 1 is 0.852 bits per heavy atom. The summed E-state index contributed by atoms with van der Waals surface area (Å²) in [5, 5.41) is 7.89. The fourth-order valence-corrected chi connectivity index (χ4v) is 10.8. The third-order valence-electron chi connectivity index (χ3n) is 12.2. The van der Waals surface area contributed by atoms with Crippen molar-refractivity contribution in [3.8, 4) is 39.8 Å². The van der Waals surface area contributed by atoms with Gasteiger partial charge in [0.1, 0.15) is 17.2 Å². The van der Waals surface area contributed by atoms with E-state index in [0.29, 0.717) is 42.6 Å². The van der Waals surface area contributed by atoms with E-state index in [9.17, 15) is 4.79 Å². The van der Waals surface area contributed by atoms with E-state index in [-0.39, 0.29) is 24.1 Å². The lowest BCUT2D eigenvalue weighted by atomic mass is 9.72. The highest BCUT2D eigenvalue weighted by Crippen LogP contribution is 2.62. The standard InChI is InChI=1S/C48H39N6O6P/c1-27(49)41-46-52-43-44(60-46)48-34-16-8-15-32(42(34)53-47(48)59-37-20-18-28(22-35(37)48)19-21-39(55)51-41)31-14-9-17-36-40(31)33(38-23-50-45(43)58-38)24-54(36)61(56-25-29-10-4-2-5-11-29)57-26-30-12-6-3-7-13-30/h2-18,20,22-24,27,41,47,53H,19,21,25-26,49H2,1H3,(H,51,55). The zero-order valence-electron chi connectivity index (χ0n) is 33.0. The summed E-state index contributed by atoms with van der Waals surface area (Å²) in [6.07, 6.45) is 3.96. The van der Waals surface area contributed by atoms with E-state index < -0.39 is 32.3 Å². The molecule has 4 unspecified atom stereocenters. The average molecular weight is 827 g/mol. The van der Waals surface area contributed by atoms with E-state index in [1.165, 1.54) is 0 Å². The number of hydrogen-bond acceptors (Lipinski definition) is 10. The first-order chi connectivity index (χ1) is 29.9. The van der Waals surface area contributed by atoms with Gasteiger partial charge in [-0.2, -0.15) is 0 Å². The van der Waals surface area contributed by atoms with Crippen LogP contribution in [0.4, 0.5) is 5.69 Å². The number of nitrogens with two attached hydrogens (primary N) is 1. The molecule has 0 saturated heterocycles. The third kappa shape index (κ3) is 5.63. The summed E-state index contributed by atoms with van der Waals surface area (Å²) < 4.78 is 36.3. The van der Waals surface area contributed by atoms with Crippen LogP contribution in [0.3, 0.4) is 0 Å². The van der Waals surface area contributed by atoms with Crippen molar-refractivity contribution in [3.63, 3.8) is 0 Å². The first-order valence-corrected chi connectivity index (χ1v) is 21.6. The largest absolute Gasteiger partial charge is 0.469 e. The highest BCUT2D eigenvalue weighted by atomic mass is 31.2. The molecule has 4 aliphatic heterocycles. The Morgan fingerprint density at radius 2 is 1.61 bits per heavy atom. The fourth-order valence-electron chi connectivity index (χ4n) is 9.38. The Bertz CT molecular complexity index is 2970. The molecule has 302 valence electrons. The predicted octanol–water partition coefficient (Wildman–Crippen LogP) is 9.37. The van der Waals surface area contributed by atoms with Gasteiger partial charge < -0.3 is 39.0 Å². The summed E-state index contributed by atoms with van der Waals surface area (Å²) in [6.45, 7) is 2.54. The molecule has 0 saturated carbocycles. The SMILES string of the molecule is CC(N)C1NC(=O)CCc2ccc3c(c2)C24c5cccc(c5NC2O3)-c2cccc3c2c(cn3P(OCc2ccccc2)OCc2ccccc2)-c2cnc(o2)-c2nc1oc24. The molecule has 1 spiro atoms. The van der Waals surface area contributed by atoms with Gasteiger partial charge in [0.15, 0.2) is 23.4 Å². The fraction of sp³-hybridized carbons (Fsp3) is 0.188. The molecular weight excluding hydrogens is 788 g/mol. The number of carbonyl (C=O) groups excluding carboxylic acids is 1. The number of rotatable bonds is 8. The van der Waals surface area contributed by atoms with Crippen LogP contribution in [-0.4, -0.2) is 32.5 Å². The van der Waals surface area contributed by atoms with E-state index >= 15 is 0 Å². The number of para-hydroxylation sites is 1. The topological polar surface area (TPSA) is 152 Å². The number of carbonyl (C=O) groups is 1. The maximum absolute atomic E-state index is 13.4. The second-order valence-electron chi connectivity index (χ2n) is 16.0. The van der Waals surface area contributed by atoms with Crippen molar-refractivity contribution in [2.75, 3.05) is 5.32 Å². The molecule has 1 amide bonds. The summed E-state index contributed by atoms with van der Waals surface area (Å²) in [5.41, 5.74) is 15.5. The Labute approximate surface area is 351 Å². The Kier molecular flexibility index (Phi) is 8.33. The zero-order chi connectivity index (χ0) is 40.8. The number of aromatic nitrogens is 3. The molecule has 4 aliphatic rings. The molecule has 61 heavy (non-hydrogen) atoms. The highest BCUT2D eigenvalue weighted by molar-refractivity contribution is 7.45. The van der Waals surface area contributed by atoms with Gasteiger partial charge in [0, 0.05) is 52.0 Å². The monoisotopic (exact) mass is 826 g/mol. The summed E-state index contributed by atoms with van der Waals surface area (Å²) in [6, 6.07) is 37.8. The van der Waals surface area contributed by atoms with Crippen LogP contribution in [0.1, 0.15) is 58.9 Å². The lowest BCUT2D eigenvalue weighted by molar-refractivity contribution is -0.122. The number of fused-ring (bicyclic) bond motifs is 7. The predicted molar refractivity (Wildman–Crippen MR) is 230 cm³/mol. The minimum absolute atomic E-state index is 0.151. The molecule has 4 N–H and O–H groups in total. The maximum atomic E-state index is 13.4. The highest BCUT2D eigenvalue weighted by Gasteiger charge is 2.61. The molecule has 13 heteroatoms. The molecule has 12 rings (SSSR count). The summed E-state index contributed by atoms with van der Waals surface area (Å²) >= 11 is 0. The van der Waals surface area contributed by atoms with Gasteiger partial charge in [-0.3, -0.25) is 9.13 Å². The average Bonchev–Trinajstić information content (AvgIpc) is 4.12. The first-order valence-electron chi connectivity index (χ1n) is 20.5. The second-order valence-corrected chi connectivity index (χ2v) is 17.4. The third-order valence-corrected chi connectivity index (χ3v) is 13.6. The van der Waals surface area contributed by atoms with Crippen LogP contribution in [-0.2, 0) is 38.9 Å². The lowest BCUT2D eigenvalue weighted by Gasteiger charge is -2.28. The van der Waals surface area contributed by atoms with Crippen LogP contribution in [0.15, 0.2) is 136 Å². The number of aryl methyl sites for hydroxylation is 1. The number of anilines is 1. The van der Waals surface area contributed by atoms with Crippen LogP contribution in [0, 0.1) is 0 Å². The first kappa shape index (κ1) is 36.3. The molecule has 10 bridgehead atoms. The summed E-state index contributed by atoms with van der Waals surface area (Å²) in [4.78, 5) is 23.5. The Balaban J connectivity index is 1.11. The zero-order valence-corrected chi connectivity index (χ0v) is 33.9. The molecule has 0 aliphatic carbocycles. The number of nitrogens with one attached hydrogen (secondary N) is 2. The lowest BCUT2D eigenvalue weighted by Crippen LogP contribution is -2.40. The van der Waals surface area contributed by atoms with Gasteiger partial charge >= 0.3 is 0 Å². The van der Waals surface area contributed by atoms with Crippen molar-refractivity contribution in [1.82, 2.24) is 19.6 Å². The van der Waals surface area contributed by atoms with E-state index in [0.717, 1.165) is 61.1 Å². The van der Waals surface area contributed by atoms with Gasteiger partial charge in [-0.1, -0.05) is 103 Å². The van der Waals surface area contributed by atoms with Crippen molar-refractivity contribution in [3.05, 3.63) is 167 Å². The second kappa shape index (κ2) is 14.0. The number of benzene rings is 5. The quantitative estimate of drug-likeness (QED) is 0.126. The van der Waals surface area contributed by atoms with Crippen molar-refractivity contribution >= 4 is 31.0 Å². The molecule has 12 nitrogen and oxygen atoms in total. The van der Waals surface area contributed by atoms with Gasteiger partial charge in [0.2, 0.25) is 17.7 Å². The van der Waals surface area contributed by atoms with Crippen LogP contribution < -0.4 is 21.1 Å². The van der Waals surface area contributed by atoms with E-state index in [2.05, 4.69) is 57.4 Å². The summed E-state index contributed by atoms with van der Waals surface area (Å²) in [5.74, 6) is 2.10. The molecule has 7 heterocycles. The number of amides is 1. The van der Waals surface area contributed by atoms with Crippen molar-refractivity contribution < 1.29 is 27.4 Å². The maximum Gasteiger partial charge on any atom is 0.295 e. The van der Waals surface area contributed by atoms with Gasteiger partial charge in [0.05, 0.1) is 24.9 Å². The molecule has 3 aromatic heterocycles. The molecule has 4 atom stereocenters. The number of ether oxygens (including phenoxy) is 1. The molecular formula is C48H39N6O6P. The Morgan fingerprint density at radius 3 is 2.38 bits per heavy atom. The number of nitrogens with zero attached hydrogens (tertiary/aromatic N) is 3. The molecule has 0 fully saturated rings. The van der Waals surface area contributed by atoms with E-state index in [1.807, 2.05) is 85.9 Å². The molecule has 0 radical (unpaired) electrons. The van der Waals surface area contributed by atoms with Gasteiger partial charge in [-0.05, 0) is 47.7 Å². The summed E-state index contributed by atoms with van der Waals surface area (Å²) in [7, 11) is -1.70. The minimum atomic E-state index is -1.70. The van der Waals surface area contributed by atoms with Crippen LogP contribution in [0.25, 0.3) is 44.9 Å². The van der Waals surface area contributed by atoms with Crippen molar-refractivity contribution in [2.45, 2.75) is 56.7 Å². The Hall–Kier alpha value is -6.56.